The number of rotatable bonds is 5. The lowest BCUT2D eigenvalue weighted by Gasteiger charge is -2.24. The Balaban J connectivity index is 2.10. The third-order valence-electron chi connectivity index (χ3n) is 3.25. The molecule has 21 heavy (non-hydrogen) atoms. The number of carbonyl (C=O) groups excluding carboxylic acids is 1. The number of benzene rings is 2. The van der Waals surface area contributed by atoms with Crippen LogP contribution in [0.2, 0.25) is 0 Å². The van der Waals surface area contributed by atoms with Gasteiger partial charge in [-0.3, -0.25) is 15.2 Å². The SMILES string of the molecule is CCN(NC(=O)c1ccc(SC)cc1)c1ccc(C)cc1. The molecule has 3 nitrogen and oxygen atoms in total. The monoisotopic (exact) mass is 300 g/mol. The van der Waals surface area contributed by atoms with Gasteiger partial charge in [-0.05, 0) is 56.5 Å². The van der Waals surface area contributed by atoms with Gasteiger partial charge < -0.3 is 0 Å². The first-order valence-corrected chi connectivity index (χ1v) is 8.15. The van der Waals surface area contributed by atoms with Gasteiger partial charge in [0, 0.05) is 17.0 Å². The average Bonchev–Trinajstić information content (AvgIpc) is 2.53. The Morgan fingerprint density at radius 3 is 2.24 bits per heavy atom. The zero-order valence-electron chi connectivity index (χ0n) is 12.6. The number of hydrogen-bond donors (Lipinski definition) is 1. The summed E-state index contributed by atoms with van der Waals surface area (Å²) in [6.45, 7) is 4.76. The summed E-state index contributed by atoms with van der Waals surface area (Å²) < 4.78 is 0. The van der Waals surface area contributed by atoms with Crippen molar-refractivity contribution in [2.24, 2.45) is 0 Å². The third kappa shape index (κ3) is 4.02. The van der Waals surface area contributed by atoms with Gasteiger partial charge in [0.05, 0.1) is 5.69 Å². The fourth-order valence-corrected chi connectivity index (χ4v) is 2.39. The van der Waals surface area contributed by atoms with Crippen molar-refractivity contribution in [1.29, 1.82) is 0 Å². The number of carbonyl (C=O) groups is 1. The van der Waals surface area contributed by atoms with Gasteiger partial charge in [-0.1, -0.05) is 17.7 Å². The molecule has 0 spiro atoms. The van der Waals surface area contributed by atoms with Crippen LogP contribution in [0.15, 0.2) is 53.4 Å². The molecule has 0 aromatic heterocycles. The molecule has 2 aromatic rings. The molecule has 0 fully saturated rings. The maximum atomic E-state index is 12.3. The van der Waals surface area contributed by atoms with Crippen molar-refractivity contribution in [3.8, 4) is 0 Å². The Hall–Kier alpha value is -1.94. The van der Waals surface area contributed by atoms with Crippen LogP contribution in [-0.2, 0) is 0 Å². The molecule has 0 heterocycles. The zero-order valence-corrected chi connectivity index (χ0v) is 13.4. The summed E-state index contributed by atoms with van der Waals surface area (Å²) in [5.74, 6) is -0.0925. The lowest BCUT2D eigenvalue weighted by atomic mass is 10.2. The van der Waals surface area contributed by atoms with Crippen LogP contribution in [-0.4, -0.2) is 18.7 Å². The summed E-state index contributed by atoms with van der Waals surface area (Å²) in [6.07, 6.45) is 2.02. The number of anilines is 1. The molecule has 0 radical (unpaired) electrons. The molecule has 0 unspecified atom stereocenters. The lowest BCUT2D eigenvalue weighted by molar-refractivity contribution is 0.0949. The van der Waals surface area contributed by atoms with Crippen molar-refractivity contribution < 1.29 is 4.79 Å². The zero-order chi connectivity index (χ0) is 15.2. The van der Waals surface area contributed by atoms with Crippen LogP contribution in [0.5, 0.6) is 0 Å². The number of hydrazine groups is 1. The number of thioether (sulfide) groups is 1. The van der Waals surface area contributed by atoms with Crippen LogP contribution in [0.3, 0.4) is 0 Å². The third-order valence-corrected chi connectivity index (χ3v) is 3.99. The van der Waals surface area contributed by atoms with E-state index < -0.39 is 0 Å². The smallest absolute Gasteiger partial charge is 0.269 e. The quantitative estimate of drug-likeness (QED) is 0.671. The summed E-state index contributed by atoms with van der Waals surface area (Å²) in [6, 6.07) is 15.7. The summed E-state index contributed by atoms with van der Waals surface area (Å²) in [7, 11) is 0. The fraction of sp³-hybridized carbons (Fsp3) is 0.235. The molecule has 2 rings (SSSR count). The van der Waals surface area contributed by atoms with Crippen molar-refractivity contribution in [2.45, 2.75) is 18.7 Å². The molecule has 0 aliphatic heterocycles. The fourth-order valence-electron chi connectivity index (χ4n) is 1.98. The summed E-state index contributed by atoms with van der Waals surface area (Å²) in [5, 5.41) is 1.85. The van der Waals surface area contributed by atoms with Gasteiger partial charge in [-0.15, -0.1) is 11.8 Å². The number of amides is 1. The largest absolute Gasteiger partial charge is 0.286 e. The van der Waals surface area contributed by atoms with Crippen molar-refractivity contribution in [1.82, 2.24) is 5.43 Å². The Morgan fingerprint density at radius 2 is 1.71 bits per heavy atom. The van der Waals surface area contributed by atoms with E-state index in [0.29, 0.717) is 12.1 Å². The predicted octanol–water partition coefficient (Wildman–Crippen LogP) is 3.89. The number of nitrogens with one attached hydrogen (secondary N) is 1. The predicted molar refractivity (Wildman–Crippen MR) is 89.9 cm³/mol. The van der Waals surface area contributed by atoms with Crippen LogP contribution in [0.25, 0.3) is 0 Å². The highest BCUT2D eigenvalue weighted by molar-refractivity contribution is 7.98. The van der Waals surface area contributed by atoms with E-state index in [1.54, 1.807) is 11.8 Å². The molecule has 0 aliphatic rings. The van der Waals surface area contributed by atoms with Crippen molar-refractivity contribution in [3.05, 3.63) is 59.7 Å². The molecule has 0 saturated heterocycles. The summed E-state index contributed by atoms with van der Waals surface area (Å²) in [4.78, 5) is 13.4. The van der Waals surface area contributed by atoms with Gasteiger partial charge in [0.15, 0.2) is 0 Å². The second-order valence-electron chi connectivity index (χ2n) is 4.75. The molecular weight excluding hydrogens is 280 g/mol. The van der Waals surface area contributed by atoms with Gasteiger partial charge in [-0.25, -0.2) is 0 Å². The van der Waals surface area contributed by atoms with E-state index in [1.807, 2.05) is 73.6 Å². The number of hydrogen-bond acceptors (Lipinski definition) is 3. The lowest BCUT2D eigenvalue weighted by Crippen LogP contribution is -2.42. The molecule has 0 atom stereocenters. The Morgan fingerprint density at radius 1 is 1.10 bits per heavy atom. The summed E-state index contributed by atoms with van der Waals surface area (Å²) >= 11 is 1.66. The van der Waals surface area contributed by atoms with Crippen LogP contribution in [0.4, 0.5) is 5.69 Å². The van der Waals surface area contributed by atoms with Crippen molar-refractivity contribution >= 4 is 23.4 Å². The standard InChI is InChI=1S/C17H20N2OS/c1-4-19(15-9-5-13(2)6-10-15)18-17(20)14-7-11-16(21-3)12-8-14/h5-12H,4H2,1-3H3,(H,18,20). The highest BCUT2D eigenvalue weighted by atomic mass is 32.2. The average molecular weight is 300 g/mol. The topological polar surface area (TPSA) is 32.3 Å². The highest BCUT2D eigenvalue weighted by Crippen LogP contribution is 2.16. The molecule has 1 amide bonds. The summed E-state index contributed by atoms with van der Waals surface area (Å²) in [5.41, 5.74) is 5.80. The molecule has 0 aliphatic carbocycles. The minimum Gasteiger partial charge on any atom is -0.286 e. The van der Waals surface area contributed by atoms with E-state index in [4.69, 9.17) is 0 Å². The van der Waals surface area contributed by atoms with Gasteiger partial charge in [0.1, 0.15) is 0 Å². The maximum absolute atomic E-state index is 12.3. The minimum absolute atomic E-state index is 0.0925. The van der Waals surface area contributed by atoms with Crippen molar-refractivity contribution in [2.75, 3.05) is 17.8 Å². The second-order valence-corrected chi connectivity index (χ2v) is 5.63. The first kappa shape index (κ1) is 15.4. The molecule has 0 saturated carbocycles. The minimum atomic E-state index is -0.0925. The molecule has 2 aromatic carbocycles. The molecular formula is C17H20N2OS. The Kier molecular flexibility index (Phi) is 5.28. The second kappa shape index (κ2) is 7.18. The number of aryl methyl sites for hydroxylation is 1. The number of nitrogens with zero attached hydrogens (tertiary/aromatic N) is 1. The van der Waals surface area contributed by atoms with E-state index in [2.05, 4.69) is 5.43 Å². The van der Waals surface area contributed by atoms with Gasteiger partial charge in [0.2, 0.25) is 0 Å². The van der Waals surface area contributed by atoms with E-state index in [9.17, 15) is 4.79 Å². The van der Waals surface area contributed by atoms with Gasteiger partial charge in [0.25, 0.3) is 5.91 Å². The Labute approximate surface area is 130 Å². The van der Waals surface area contributed by atoms with E-state index >= 15 is 0 Å². The molecule has 1 N–H and O–H groups in total. The Bertz CT molecular complexity index is 593. The van der Waals surface area contributed by atoms with Gasteiger partial charge >= 0.3 is 0 Å². The van der Waals surface area contributed by atoms with Crippen LogP contribution in [0.1, 0.15) is 22.8 Å². The van der Waals surface area contributed by atoms with Crippen LogP contribution in [0, 0.1) is 6.92 Å². The van der Waals surface area contributed by atoms with E-state index in [-0.39, 0.29) is 5.91 Å². The first-order chi connectivity index (χ1) is 10.1. The first-order valence-electron chi connectivity index (χ1n) is 6.93. The van der Waals surface area contributed by atoms with Crippen LogP contribution < -0.4 is 10.4 Å². The van der Waals surface area contributed by atoms with E-state index in [1.165, 1.54) is 5.56 Å². The van der Waals surface area contributed by atoms with Crippen molar-refractivity contribution in [3.63, 3.8) is 0 Å². The normalized spacial score (nSPS) is 10.2. The molecule has 4 heteroatoms. The highest BCUT2D eigenvalue weighted by Gasteiger charge is 2.10. The molecule has 110 valence electrons. The maximum Gasteiger partial charge on any atom is 0.269 e. The van der Waals surface area contributed by atoms with Gasteiger partial charge in [-0.2, -0.15) is 0 Å². The molecule has 0 bridgehead atoms. The van der Waals surface area contributed by atoms with E-state index in [0.717, 1.165) is 10.6 Å². The van der Waals surface area contributed by atoms with Crippen LogP contribution >= 0.6 is 11.8 Å².